The number of aromatic carboxylic acids is 1. The van der Waals surface area contributed by atoms with E-state index in [4.69, 9.17) is 5.11 Å². The summed E-state index contributed by atoms with van der Waals surface area (Å²) in [7, 11) is -3.52. The minimum Gasteiger partial charge on any atom is -0.477 e. The van der Waals surface area contributed by atoms with Crippen LogP contribution in [0.1, 0.15) is 10.5 Å². The highest BCUT2D eigenvalue weighted by Gasteiger charge is 2.16. The highest BCUT2D eigenvalue weighted by atomic mass is 32.2. The van der Waals surface area contributed by atoms with Gasteiger partial charge >= 0.3 is 5.97 Å². The number of nitrogens with zero attached hydrogens (tertiary/aromatic N) is 2. The molecule has 0 unspecified atom stereocenters. The molecule has 0 aliphatic carbocycles. The van der Waals surface area contributed by atoms with Crippen molar-refractivity contribution in [3.8, 4) is 11.4 Å². The van der Waals surface area contributed by atoms with E-state index >= 15 is 0 Å². The Bertz CT molecular complexity index is 727. The second-order valence-corrected chi connectivity index (χ2v) is 5.88. The van der Waals surface area contributed by atoms with E-state index < -0.39 is 15.8 Å². The van der Waals surface area contributed by atoms with Crippen LogP contribution in [0.25, 0.3) is 11.4 Å². The lowest BCUT2D eigenvalue weighted by Crippen LogP contribution is -2.06. The summed E-state index contributed by atoms with van der Waals surface area (Å²) in [6.07, 6.45) is 2.53. The third-order valence-electron chi connectivity index (χ3n) is 2.37. The van der Waals surface area contributed by atoms with Crippen LogP contribution in [0.15, 0.2) is 41.4 Å². The molecule has 0 saturated carbocycles. The first kappa shape index (κ1) is 13.2. The van der Waals surface area contributed by atoms with Gasteiger partial charge in [0.2, 0.25) is 0 Å². The maximum Gasteiger partial charge on any atom is 0.354 e. The lowest BCUT2D eigenvalue weighted by atomic mass is 10.2. The van der Waals surface area contributed by atoms with Crippen molar-refractivity contribution in [1.82, 2.24) is 9.97 Å². The molecule has 0 aliphatic heterocycles. The van der Waals surface area contributed by atoms with E-state index in [2.05, 4.69) is 9.97 Å². The van der Waals surface area contributed by atoms with Crippen molar-refractivity contribution in [3.63, 3.8) is 0 Å². The van der Waals surface area contributed by atoms with Crippen LogP contribution >= 0.6 is 0 Å². The lowest BCUT2D eigenvalue weighted by molar-refractivity contribution is 0.0690. The Labute approximate surface area is 109 Å². The van der Waals surface area contributed by atoms with Gasteiger partial charge in [-0.25, -0.2) is 18.2 Å². The molecule has 1 N–H and O–H groups in total. The van der Waals surface area contributed by atoms with E-state index in [1.54, 1.807) is 18.2 Å². The van der Waals surface area contributed by atoms with E-state index in [1.807, 2.05) is 0 Å². The summed E-state index contributed by atoms with van der Waals surface area (Å²) in [5.74, 6) is -1.29. The van der Waals surface area contributed by atoms with Crippen molar-refractivity contribution in [2.24, 2.45) is 0 Å². The highest BCUT2D eigenvalue weighted by Crippen LogP contribution is 2.20. The summed E-state index contributed by atoms with van der Waals surface area (Å²) in [5, 5.41) is 8.97. The van der Waals surface area contributed by atoms with E-state index in [0.717, 1.165) is 12.3 Å². The fraction of sp³-hybridized carbons (Fsp3) is 0.0833. The molecule has 0 bridgehead atoms. The van der Waals surface area contributed by atoms with E-state index in [0.29, 0.717) is 5.69 Å². The zero-order valence-electron chi connectivity index (χ0n) is 9.94. The second-order valence-electron chi connectivity index (χ2n) is 3.87. The first-order valence-corrected chi connectivity index (χ1v) is 7.14. The van der Waals surface area contributed by atoms with Crippen LogP contribution in [0.4, 0.5) is 0 Å². The van der Waals surface area contributed by atoms with E-state index in [1.165, 1.54) is 12.3 Å². The largest absolute Gasteiger partial charge is 0.477 e. The van der Waals surface area contributed by atoms with Crippen molar-refractivity contribution >= 4 is 15.8 Å². The maximum absolute atomic E-state index is 11.6. The van der Waals surface area contributed by atoms with Crippen molar-refractivity contribution in [2.75, 3.05) is 6.26 Å². The smallest absolute Gasteiger partial charge is 0.354 e. The summed E-state index contributed by atoms with van der Waals surface area (Å²) < 4.78 is 23.1. The third kappa shape index (κ3) is 2.94. The first-order chi connectivity index (χ1) is 8.88. The van der Waals surface area contributed by atoms with Crippen molar-refractivity contribution < 1.29 is 18.3 Å². The molecule has 19 heavy (non-hydrogen) atoms. The predicted molar refractivity (Wildman–Crippen MR) is 67.5 cm³/mol. The van der Waals surface area contributed by atoms with Crippen LogP contribution in [0.3, 0.4) is 0 Å². The lowest BCUT2D eigenvalue weighted by Gasteiger charge is -2.05. The third-order valence-corrected chi connectivity index (χ3v) is 3.47. The Hall–Kier alpha value is -2.28. The molecule has 0 spiro atoms. The van der Waals surface area contributed by atoms with Gasteiger partial charge in [0.25, 0.3) is 0 Å². The van der Waals surface area contributed by atoms with Crippen LogP contribution in [0.2, 0.25) is 0 Å². The van der Waals surface area contributed by atoms with Gasteiger partial charge in [-0.15, -0.1) is 0 Å². The van der Waals surface area contributed by atoms with Crippen molar-refractivity contribution in [1.29, 1.82) is 0 Å². The average Bonchev–Trinajstić information content (AvgIpc) is 2.38. The SMILES string of the molecule is CS(=O)(=O)c1cc(C(=O)O)nc(-c2ccccn2)c1. The van der Waals surface area contributed by atoms with Gasteiger partial charge in [-0.2, -0.15) is 0 Å². The molecule has 7 heteroatoms. The van der Waals surface area contributed by atoms with Gasteiger partial charge in [-0.1, -0.05) is 6.07 Å². The number of rotatable bonds is 3. The molecular weight excluding hydrogens is 268 g/mol. The number of pyridine rings is 2. The minimum absolute atomic E-state index is 0.0967. The van der Waals surface area contributed by atoms with Gasteiger partial charge in [0, 0.05) is 12.5 Å². The molecule has 0 radical (unpaired) electrons. The number of aromatic nitrogens is 2. The van der Waals surface area contributed by atoms with Crippen molar-refractivity contribution in [3.05, 3.63) is 42.2 Å². The topological polar surface area (TPSA) is 97.2 Å². The fourth-order valence-electron chi connectivity index (χ4n) is 1.47. The number of carboxylic acids is 1. The van der Waals surface area contributed by atoms with Crippen LogP contribution in [0.5, 0.6) is 0 Å². The fourth-order valence-corrected chi connectivity index (χ4v) is 2.13. The molecular formula is C12H10N2O4S. The molecule has 2 aromatic rings. The Kier molecular flexibility index (Phi) is 3.30. The molecule has 0 saturated heterocycles. The molecule has 0 amide bonds. The zero-order chi connectivity index (χ0) is 14.0. The van der Waals surface area contributed by atoms with E-state index in [-0.39, 0.29) is 16.3 Å². The summed E-state index contributed by atoms with van der Waals surface area (Å²) in [5.41, 5.74) is 0.292. The van der Waals surface area contributed by atoms with Crippen molar-refractivity contribution in [2.45, 2.75) is 4.90 Å². The molecule has 2 aromatic heterocycles. The number of hydrogen-bond acceptors (Lipinski definition) is 5. The van der Waals surface area contributed by atoms with Crippen LogP contribution in [-0.4, -0.2) is 35.7 Å². The molecule has 2 rings (SSSR count). The quantitative estimate of drug-likeness (QED) is 0.907. The molecule has 2 heterocycles. The standard InChI is InChI=1S/C12H10N2O4S/c1-19(17,18)8-6-10(9-4-2-3-5-13-9)14-11(7-8)12(15)16/h2-7H,1H3,(H,15,16). The summed E-state index contributed by atoms with van der Waals surface area (Å²) in [6, 6.07) is 7.37. The second kappa shape index (κ2) is 4.77. The van der Waals surface area contributed by atoms with Crippen LogP contribution < -0.4 is 0 Å². The number of hydrogen-bond donors (Lipinski definition) is 1. The molecule has 0 fully saturated rings. The van der Waals surface area contributed by atoms with Gasteiger partial charge < -0.3 is 5.11 Å². The monoisotopic (exact) mass is 278 g/mol. The minimum atomic E-state index is -3.52. The van der Waals surface area contributed by atoms with Gasteiger partial charge in [0.1, 0.15) is 5.69 Å². The number of carboxylic acid groups (broad SMARTS) is 1. The molecule has 6 nitrogen and oxygen atoms in total. The Morgan fingerprint density at radius 2 is 1.95 bits per heavy atom. The van der Waals surface area contributed by atoms with Gasteiger partial charge in [-0.05, 0) is 24.3 Å². The molecule has 98 valence electrons. The summed E-state index contributed by atoms with van der Waals surface area (Å²) >= 11 is 0. The van der Waals surface area contributed by atoms with Gasteiger partial charge in [-0.3, -0.25) is 4.98 Å². The first-order valence-electron chi connectivity index (χ1n) is 5.25. The van der Waals surface area contributed by atoms with Crippen LogP contribution in [0, 0.1) is 0 Å². The summed E-state index contributed by atoms with van der Waals surface area (Å²) in [4.78, 5) is 18.8. The van der Waals surface area contributed by atoms with Gasteiger partial charge in [0.15, 0.2) is 9.84 Å². The highest BCUT2D eigenvalue weighted by molar-refractivity contribution is 7.90. The van der Waals surface area contributed by atoms with E-state index in [9.17, 15) is 13.2 Å². The number of carbonyl (C=O) groups is 1. The Morgan fingerprint density at radius 1 is 1.21 bits per heavy atom. The molecule has 0 aromatic carbocycles. The Morgan fingerprint density at radius 3 is 2.47 bits per heavy atom. The maximum atomic E-state index is 11.6. The van der Waals surface area contributed by atoms with Gasteiger partial charge in [0.05, 0.1) is 16.3 Å². The van der Waals surface area contributed by atoms with Crippen LogP contribution in [-0.2, 0) is 9.84 Å². The average molecular weight is 278 g/mol. The number of sulfone groups is 1. The molecule has 0 aliphatic rings. The Balaban J connectivity index is 2.69. The zero-order valence-corrected chi connectivity index (χ0v) is 10.8. The normalized spacial score (nSPS) is 11.2. The molecule has 0 atom stereocenters. The predicted octanol–water partition coefficient (Wildman–Crippen LogP) is 1.25. The summed E-state index contributed by atoms with van der Waals surface area (Å²) in [6.45, 7) is 0.